The highest BCUT2D eigenvalue weighted by Gasteiger charge is 2.21. The summed E-state index contributed by atoms with van der Waals surface area (Å²) >= 11 is 0. The predicted octanol–water partition coefficient (Wildman–Crippen LogP) is 3.76. The van der Waals surface area contributed by atoms with Crippen molar-refractivity contribution in [2.75, 3.05) is 11.4 Å². The lowest BCUT2D eigenvalue weighted by Gasteiger charge is -2.35. The van der Waals surface area contributed by atoms with Crippen LogP contribution in [0.25, 0.3) is 0 Å². The van der Waals surface area contributed by atoms with Gasteiger partial charge in [-0.1, -0.05) is 37.3 Å². The van der Waals surface area contributed by atoms with Crippen molar-refractivity contribution < 1.29 is 0 Å². The van der Waals surface area contributed by atoms with Crippen LogP contribution in [0.1, 0.15) is 23.6 Å². The van der Waals surface area contributed by atoms with Crippen LogP contribution in [0.3, 0.4) is 0 Å². The van der Waals surface area contributed by atoms with E-state index in [2.05, 4.69) is 54.3 Å². The van der Waals surface area contributed by atoms with E-state index in [1.807, 2.05) is 12.1 Å². The van der Waals surface area contributed by atoms with Crippen LogP contribution in [0.4, 0.5) is 5.69 Å². The van der Waals surface area contributed by atoms with E-state index < -0.39 is 0 Å². The van der Waals surface area contributed by atoms with Gasteiger partial charge in [0.05, 0.1) is 11.6 Å². The van der Waals surface area contributed by atoms with Crippen LogP contribution in [0, 0.1) is 17.2 Å². The van der Waals surface area contributed by atoms with Crippen LogP contribution in [0.15, 0.2) is 48.5 Å². The molecule has 0 aliphatic carbocycles. The molecule has 100 valence electrons. The van der Waals surface area contributed by atoms with E-state index in [1.54, 1.807) is 0 Å². The summed E-state index contributed by atoms with van der Waals surface area (Å²) in [6.45, 7) is 4.31. The highest BCUT2D eigenvalue weighted by molar-refractivity contribution is 5.56. The molecule has 2 aromatic rings. The molecule has 20 heavy (non-hydrogen) atoms. The number of hydrogen-bond donors (Lipinski definition) is 0. The zero-order valence-corrected chi connectivity index (χ0v) is 11.7. The van der Waals surface area contributed by atoms with Crippen LogP contribution >= 0.6 is 0 Å². The molecule has 0 aromatic heterocycles. The van der Waals surface area contributed by atoms with Crippen molar-refractivity contribution >= 4 is 5.69 Å². The summed E-state index contributed by atoms with van der Waals surface area (Å²) < 4.78 is 0. The molecule has 0 N–H and O–H groups in total. The Balaban J connectivity index is 1.85. The van der Waals surface area contributed by atoms with Crippen LogP contribution in [0.5, 0.6) is 0 Å². The maximum absolute atomic E-state index is 8.85. The molecule has 2 aromatic carbocycles. The molecule has 0 radical (unpaired) electrons. The lowest BCUT2D eigenvalue weighted by molar-refractivity contribution is 0.530. The fraction of sp³-hybridized carbons (Fsp3) is 0.278. The first-order valence-corrected chi connectivity index (χ1v) is 7.08. The number of hydrogen-bond acceptors (Lipinski definition) is 2. The summed E-state index contributed by atoms with van der Waals surface area (Å²) in [6, 6.07) is 18.8. The zero-order valence-electron chi connectivity index (χ0n) is 11.7. The molecule has 1 aliphatic rings. The molecular formula is C18H18N2. The highest BCUT2D eigenvalue weighted by atomic mass is 15.1. The standard InChI is InChI=1S/C18H18N2/c1-14-10-17-4-2-3-5-18(17)20(12-14)13-16-8-6-15(11-19)7-9-16/h2-9,14H,10,12-13H2,1H3. The topological polar surface area (TPSA) is 27.0 Å². The van der Waals surface area contributed by atoms with Crippen LogP contribution in [0.2, 0.25) is 0 Å². The SMILES string of the molecule is CC1Cc2ccccc2N(Cc2ccc(C#N)cc2)C1. The quantitative estimate of drug-likeness (QED) is 0.824. The van der Waals surface area contributed by atoms with Gasteiger partial charge in [0, 0.05) is 18.8 Å². The fourth-order valence-corrected chi connectivity index (χ4v) is 2.96. The van der Waals surface area contributed by atoms with Crippen LogP contribution < -0.4 is 4.90 Å². The first-order valence-electron chi connectivity index (χ1n) is 7.08. The summed E-state index contributed by atoms with van der Waals surface area (Å²) in [4.78, 5) is 2.45. The monoisotopic (exact) mass is 262 g/mol. The van der Waals surface area contributed by atoms with E-state index in [0.717, 1.165) is 18.7 Å². The van der Waals surface area contributed by atoms with E-state index in [9.17, 15) is 0 Å². The van der Waals surface area contributed by atoms with Crippen molar-refractivity contribution in [3.05, 3.63) is 65.2 Å². The molecule has 0 amide bonds. The minimum absolute atomic E-state index is 0.684. The third-order valence-corrected chi connectivity index (χ3v) is 3.89. The number of anilines is 1. The molecular weight excluding hydrogens is 244 g/mol. The summed E-state index contributed by atoms with van der Waals surface area (Å²) in [5.41, 5.74) is 4.78. The number of nitrogens with zero attached hydrogens (tertiary/aromatic N) is 2. The molecule has 1 heterocycles. The number of fused-ring (bicyclic) bond motifs is 1. The second-order valence-corrected chi connectivity index (χ2v) is 5.63. The van der Waals surface area contributed by atoms with Gasteiger partial charge < -0.3 is 4.90 Å². The largest absolute Gasteiger partial charge is 0.367 e. The normalized spacial score (nSPS) is 17.4. The third-order valence-electron chi connectivity index (χ3n) is 3.89. The average Bonchev–Trinajstić information content (AvgIpc) is 2.48. The van der Waals surface area contributed by atoms with Gasteiger partial charge >= 0.3 is 0 Å². The molecule has 1 unspecified atom stereocenters. The summed E-state index contributed by atoms with van der Waals surface area (Å²) in [6.07, 6.45) is 1.17. The molecule has 1 atom stereocenters. The number of benzene rings is 2. The summed E-state index contributed by atoms with van der Waals surface area (Å²) in [5, 5.41) is 8.85. The molecule has 0 saturated heterocycles. The first-order chi connectivity index (χ1) is 9.76. The maximum atomic E-state index is 8.85. The first kappa shape index (κ1) is 12.7. The predicted molar refractivity (Wildman–Crippen MR) is 81.5 cm³/mol. The Kier molecular flexibility index (Phi) is 3.43. The van der Waals surface area contributed by atoms with Gasteiger partial charge in [-0.3, -0.25) is 0 Å². The van der Waals surface area contributed by atoms with Gasteiger partial charge in [-0.25, -0.2) is 0 Å². The van der Waals surface area contributed by atoms with Gasteiger partial charge in [0.15, 0.2) is 0 Å². The van der Waals surface area contributed by atoms with Crippen molar-refractivity contribution in [2.45, 2.75) is 19.9 Å². The lowest BCUT2D eigenvalue weighted by Crippen LogP contribution is -2.33. The van der Waals surface area contributed by atoms with E-state index in [4.69, 9.17) is 5.26 Å². The molecule has 0 saturated carbocycles. The molecule has 1 aliphatic heterocycles. The Bertz CT molecular complexity index is 637. The number of rotatable bonds is 2. The Morgan fingerprint density at radius 2 is 1.90 bits per heavy atom. The van der Waals surface area contributed by atoms with Gasteiger partial charge in [0.25, 0.3) is 0 Å². The van der Waals surface area contributed by atoms with Crippen LogP contribution in [-0.4, -0.2) is 6.54 Å². The Morgan fingerprint density at radius 3 is 2.65 bits per heavy atom. The zero-order chi connectivity index (χ0) is 13.9. The molecule has 0 bridgehead atoms. The molecule has 2 heteroatoms. The van der Waals surface area contributed by atoms with E-state index in [-0.39, 0.29) is 0 Å². The Morgan fingerprint density at radius 1 is 1.15 bits per heavy atom. The number of nitriles is 1. The van der Waals surface area contributed by atoms with Gasteiger partial charge in [0.2, 0.25) is 0 Å². The average molecular weight is 262 g/mol. The van der Waals surface area contributed by atoms with Crippen molar-refractivity contribution in [3.8, 4) is 6.07 Å². The van der Waals surface area contributed by atoms with Gasteiger partial charge in [-0.05, 0) is 41.7 Å². The lowest BCUT2D eigenvalue weighted by atomic mass is 9.93. The van der Waals surface area contributed by atoms with Crippen molar-refractivity contribution in [3.63, 3.8) is 0 Å². The second kappa shape index (κ2) is 5.38. The Hall–Kier alpha value is -2.27. The molecule has 0 spiro atoms. The van der Waals surface area contributed by atoms with Crippen molar-refractivity contribution in [1.29, 1.82) is 5.26 Å². The van der Waals surface area contributed by atoms with Gasteiger partial charge in [0.1, 0.15) is 0 Å². The van der Waals surface area contributed by atoms with E-state index >= 15 is 0 Å². The van der Waals surface area contributed by atoms with Crippen molar-refractivity contribution in [2.24, 2.45) is 5.92 Å². The molecule has 0 fully saturated rings. The molecule has 2 nitrogen and oxygen atoms in total. The minimum atomic E-state index is 0.684. The Labute approximate surface area is 120 Å². The number of para-hydroxylation sites is 1. The van der Waals surface area contributed by atoms with Crippen molar-refractivity contribution in [1.82, 2.24) is 0 Å². The van der Waals surface area contributed by atoms with Crippen LogP contribution in [-0.2, 0) is 13.0 Å². The highest BCUT2D eigenvalue weighted by Crippen LogP contribution is 2.30. The molecule has 3 rings (SSSR count). The minimum Gasteiger partial charge on any atom is -0.367 e. The second-order valence-electron chi connectivity index (χ2n) is 5.63. The maximum Gasteiger partial charge on any atom is 0.0991 e. The van der Waals surface area contributed by atoms with Gasteiger partial charge in [-0.15, -0.1) is 0 Å². The summed E-state index contributed by atoms with van der Waals surface area (Å²) in [5.74, 6) is 0.684. The smallest absolute Gasteiger partial charge is 0.0991 e. The summed E-state index contributed by atoms with van der Waals surface area (Å²) in [7, 11) is 0. The fourth-order valence-electron chi connectivity index (χ4n) is 2.96. The van der Waals surface area contributed by atoms with E-state index in [1.165, 1.54) is 23.2 Å². The van der Waals surface area contributed by atoms with E-state index in [0.29, 0.717) is 5.92 Å². The van der Waals surface area contributed by atoms with Gasteiger partial charge in [-0.2, -0.15) is 5.26 Å². The third kappa shape index (κ3) is 2.53.